The smallest absolute Gasteiger partial charge is 0.265 e. The summed E-state index contributed by atoms with van der Waals surface area (Å²) in [5.74, 6) is -0.0226. The fourth-order valence-electron chi connectivity index (χ4n) is 1.84. The molecule has 0 atom stereocenters. The number of nitrogens with zero attached hydrogens (tertiary/aromatic N) is 1. The van der Waals surface area contributed by atoms with E-state index in [4.69, 9.17) is 5.73 Å². The second-order valence-electron chi connectivity index (χ2n) is 4.42. The van der Waals surface area contributed by atoms with E-state index in [1.54, 1.807) is 12.1 Å². The van der Waals surface area contributed by atoms with E-state index in [0.29, 0.717) is 5.69 Å². The van der Waals surface area contributed by atoms with Crippen LogP contribution in [0.4, 0.5) is 11.5 Å². The van der Waals surface area contributed by atoms with E-state index in [2.05, 4.69) is 25.6 Å². The molecular formula is C13H14BrN3O2S. The van der Waals surface area contributed by atoms with Gasteiger partial charge < -0.3 is 5.73 Å². The van der Waals surface area contributed by atoms with Crippen LogP contribution in [0.25, 0.3) is 0 Å². The van der Waals surface area contributed by atoms with Gasteiger partial charge in [0.1, 0.15) is 10.7 Å². The van der Waals surface area contributed by atoms with E-state index in [-0.39, 0.29) is 10.7 Å². The van der Waals surface area contributed by atoms with Gasteiger partial charge in [-0.1, -0.05) is 15.9 Å². The number of aryl methyl sites for hydroxylation is 2. The number of hydrogen-bond donors (Lipinski definition) is 2. The van der Waals surface area contributed by atoms with E-state index in [1.165, 1.54) is 18.3 Å². The average Bonchev–Trinajstić information content (AvgIpc) is 2.35. The van der Waals surface area contributed by atoms with Crippen molar-refractivity contribution in [3.63, 3.8) is 0 Å². The zero-order valence-corrected chi connectivity index (χ0v) is 13.4. The number of nitrogen functional groups attached to an aromatic ring is 1. The van der Waals surface area contributed by atoms with E-state index >= 15 is 0 Å². The summed E-state index contributed by atoms with van der Waals surface area (Å²) in [4.78, 5) is 3.76. The Morgan fingerprint density at radius 3 is 2.40 bits per heavy atom. The zero-order valence-electron chi connectivity index (χ0n) is 11.0. The Hall–Kier alpha value is -1.60. The highest BCUT2D eigenvalue weighted by molar-refractivity contribution is 9.10. The number of pyridine rings is 1. The highest BCUT2D eigenvalue weighted by Crippen LogP contribution is 2.27. The standard InChI is InChI=1S/C13H14BrN3O2S/c1-8-6-10(7-9(2)12(8)14)17-20(18,19)11-4-3-5-16-13(11)15/h3-7,17H,1-2H3,(H2,15,16). The van der Waals surface area contributed by atoms with Gasteiger partial charge in [-0.05, 0) is 49.2 Å². The maximum Gasteiger partial charge on any atom is 0.265 e. The molecule has 0 amide bonds. The number of rotatable bonds is 3. The third kappa shape index (κ3) is 2.94. The maximum atomic E-state index is 12.3. The van der Waals surface area contributed by atoms with Crippen LogP contribution in [0.15, 0.2) is 39.8 Å². The van der Waals surface area contributed by atoms with Gasteiger partial charge in [0.05, 0.1) is 0 Å². The van der Waals surface area contributed by atoms with E-state index in [0.717, 1.165) is 15.6 Å². The molecule has 3 N–H and O–H groups in total. The lowest BCUT2D eigenvalue weighted by Crippen LogP contribution is -2.15. The summed E-state index contributed by atoms with van der Waals surface area (Å²) in [5.41, 5.74) is 7.99. The van der Waals surface area contributed by atoms with Crippen LogP contribution in [0, 0.1) is 13.8 Å². The molecule has 1 aromatic carbocycles. The van der Waals surface area contributed by atoms with E-state index < -0.39 is 10.0 Å². The van der Waals surface area contributed by atoms with Crippen LogP contribution in [-0.2, 0) is 10.0 Å². The Labute approximate surface area is 126 Å². The lowest BCUT2D eigenvalue weighted by molar-refractivity contribution is 0.601. The number of hydrogen-bond acceptors (Lipinski definition) is 4. The molecule has 7 heteroatoms. The summed E-state index contributed by atoms with van der Waals surface area (Å²) in [6.45, 7) is 3.79. The predicted molar refractivity (Wildman–Crippen MR) is 83.1 cm³/mol. The first kappa shape index (κ1) is 14.8. The summed E-state index contributed by atoms with van der Waals surface area (Å²) in [7, 11) is -3.74. The molecule has 0 saturated carbocycles. The molecule has 0 saturated heterocycles. The Morgan fingerprint density at radius 2 is 1.85 bits per heavy atom. The van der Waals surface area contributed by atoms with E-state index in [1.807, 2.05) is 13.8 Å². The van der Waals surface area contributed by atoms with Gasteiger partial charge >= 0.3 is 0 Å². The topological polar surface area (TPSA) is 85.1 Å². The molecule has 0 bridgehead atoms. The SMILES string of the molecule is Cc1cc(NS(=O)(=O)c2cccnc2N)cc(C)c1Br. The Balaban J connectivity index is 2.42. The molecule has 0 fully saturated rings. The van der Waals surface area contributed by atoms with Crippen molar-refractivity contribution in [2.45, 2.75) is 18.7 Å². The van der Waals surface area contributed by atoms with Crippen molar-refractivity contribution >= 4 is 37.5 Å². The first-order valence-electron chi connectivity index (χ1n) is 5.81. The van der Waals surface area contributed by atoms with Crippen LogP contribution >= 0.6 is 15.9 Å². The third-order valence-corrected chi connectivity index (χ3v) is 5.46. The van der Waals surface area contributed by atoms with Crippen LogP contribution in [-0.4, -0.2) is 13.4 Å². The molecule has 0 aliphatic heterocycles. The number of nitrogens with one attached hydrogen (secondary N) is 1. The fraction of sp³-hybridized carbons (Fsp3) is 0.154. The normalized spacial score (nSPS) is 11.3. The highest BCUT2D eigenvalue weighted by Gasteiger charge is 2.18. The molecule has 2 aromatic rings. The third-order valence-electron chi connectivity index (χ3n) is 2.78. The van der Waals surface area contributed by atoms with Crippen LogP contribution < -0.4 is 10.5 Å². The van der Waals surface area contributed by atoms with Crippen LogP contribution in [0.3, 0.4) is 0 Å². The van der Waals surface area contributed by atoms with Crippen LogP contribution in [0.5, 0.6) is 0 Å². The molecule has 2 rings (SSSR count). The highest BCUT2D eigenvalue weighted by atomic mass is 79.9. The molecule has 20 heavy (non-hydrogen) atoms. The van der Waals surface area contributed by atoms with Gasteiger partial charge in [-0.2, -0.15) is 0 Å². The molecule has 5 nitrogen and oxygen atoms in total. The second-order valence-corrected chi connectivity index (χ2v) is 6.86. The van der Waals surface area contributed by atoms with Crippen molar-refractivity contribution in [2.24, 2.45) is 0 Å². The molecule has 0 aliphatic carbocycles. The van der Waals surface area contributed by atoms with Gasteiger partial charge in [0, 0.05) is 16.4 Å². The number of anilines is 2. The van der Waals surface area contributed by atoms with Gasteiger partial charge in [0.2, 0.25) is 0 Å². The molecule has 1 heterocycles. The first-order valence-corrected chi connectivity index (χ1v) is 8.09. The van der Waals surface area contributed by atoms with Gasteiger partial charge in [-0.25, -0.2) is 13.4 Å². The second kappa shape index (κ2) is 5.41. The quantitative estimate of drug-likeness (QED) is 0.886. The lowest BCUT2D eigenvalue weighted by atomic mass is 10.1. The summed E-state index contributed by atoms with van der Waals surface area (Å²) in [5, 5.41) is 0. The molecule has 0 radical (unpaired) electrons. The maximum absolute atomic E-state index is 12.3. The molecular weight excluding hydrogens is 342 g/mol. The van der Waals surface area contributed by atoms with Crippen molar-refractivity contribution < 1.29 is 8.42 Å². The number of nitrogens with two attached hydrogens (primary N) is 1. The van der Waals surface area contributed by atoms with Crippen LogP contribution in [0.2, 0.25) is 0 Å². The minimum Gasteiger partial charge on any atom is -0.383 e. The predicted octanol–water partition coefficient (Wildman–Crippen LogP) is 2.84. The lowest BCUT2D eigenvalue weighted by Gasteiger charge is -2.12. The van der Waals surface area contributed by atoms with Crippen molar-refractivity contribution in [2.75, 3.05) is 10.5 Å². The van der Waals surface area contributed by atoms with Crippen molar-refractivity contribution in [1.29, 1.82) is 0 Å². The van der Waals surface area contributed by atoms with Crippen LogP contribution in [0.1, 0.15) is 11.1 Å². The Bertz CT molecular complexity index is 737. The zero-order chi connectivity index (χ0) is 14.9. The summed E-state index contributed by atoms with van der Waals surface area (Å²) < 4.78 is 28.0. The Kier molecular flexibility index (Phi) is 4.01. The number of sulfonamides is 1. The van der Waals surface area contributed by atoms with Crippen molar-refractivity contribution in [3.8, 4) is 0 Å². The number of benzene rings is 1. The van der Waals surface area contributed by atoms with Crippen molar-refractivity contribution in [3.05, 3.63) is 46.1 Å². The van der Waals surface area contributed by atoms with Crippen molar-refractivity contribution in [1.82, 2.24) is 4.98 Å². The summed E-state index contributed by atoms with van der Waals surface area (Å²) >= 11 is 3.44. The molecule has 0 unspecified atom stereocenters. The minimum absolute atomic E-state index is 0.0226. The van der Waals surface area contributed by atoms with Gasteiger partial charge in [0.25, 0.3) is 10.0 Å². The number of aromatic nitrogens is 1. The average molecular weight is 356 g/mol. The minimum atomic E-state index is -3.74. The largest absolute Gasteiger partial charge is 0.383 e. The number of halogens is 1. The van der Waals surface area contributed by atoms with E-state index in [9.17, 15) is 8.42 Å². The Morgan fingerprint density at radius 1 is 1.25 bits per heavy atom. The molecule has 1 aromatic heterocycles. The molecule has 0 aliphatic rings. The van der Waals surface area contributed by atoms with Gasteiger partial charge in [-0.3, -0.25) is 4.72 Å². The summed E-state index contributed by atoms with van der Waals surface area (Å²) in [6, 6.07) is 6.45. The molecule has 0 spiro atoms. The first-order chi connectivity index (χ1) is 9.31. The van der Waals surface area contributed by atoms with Gasteiger partial charge in [-0.15, -0.1) is 0 Å². The monoisotopic (exact) mass is 355 g/mol. The summed E-state index contributed by atoms with van der Waals surface area (Å²) in [6.07, 6.45) is 1.45. The molecule has 106 valence electrons. The van der Waals surface area contributed by atoms with Gasteiger partial charge in [0.15, 0.2) is 0 Å². The fourth-order valence-corrected chi connectivity index (χ4v) is 3.20.